The second-order valence-electron chi connectivity index (χ2n) is 4.24. The lowest BCUT2D eigenvalue weighted by atomic mass is 10.1. The summed E-state index contributed by atoms with van der Waals surface area (Å²) in [4.78, 5) is 16.8. The number of carbonyl (C=O) groups excluding carboxylic acids is 1. The van der Waals surface area contributed by atoms with Crippen LogP contribution in [0.25, 0.3) is 0 Å². The maximum Gasteiger partial charge on any atom is 0.225 e. The summed E-state index contributed by atoms with van der Waals surface area (Å²) in [5.41, 5.74) is 3.85. The molecule has 0 fully saturated rings. The van der Waals surface area contributed by atoms with Crippen LogP contribution < -0.4 is 5.32 Å². The molecule has 0 radical (unpaired) electrons. The molecule has 2 rings (SSSR count). The van der Waals surface area contributed by atoms with Crippen molar-refractivity contribution in [2.24, 2.45) is 7.05 Å². The van der Waals surface area contributed by atoms with Crippen molar-refractivity contribution in [2.45, 2.75) is 26.3 Å². The molecule has 18 heavy (non-hydrogen) atoms. The fourth-order valence-corrected chi connectivity index (χ4v) is 2.39. The van der Waals surface area contributed by atoms with Gasteiger partial charge in [-0.25, -0.2) is 0 Å². The Morgan fingerprint density at radius 3 is 2.89 bits per heavy atom. The summed E-state index contributed by atoms with van der Waals surface area (Å²) >= 11 is 1.49. The van der Waals surface area contributed by atoms with Crippen molar-refractivity contribution in [3.63, 3.8) is 0 Å². The number of nitrogens with one attached hydrogen (secondary N) is 1. The summed E-state index contributed by atoms with van der Waals surface area (Å²) in [5.74, 6) is 0.00926. The Bertz CT molecular complexity index is 532. The molecule has 6 heteroatoms. The molecular formula is C12H16N4OS. The third-order valence-electron chi connectivity index (χ3n) is 2.94. The molecule has 0 aromatic carbocycles. The summed E-state index contributed by atoms with van der Waals surface area (Å²) in [7, 11) is 1.89. The first-order valence-corrected chi connectivity index (χ1v) is 6.61. The van der Waals surface area contributed by atoms with E-state index in [-0.39, 0.29) is 11.9 Å². The minimum Gasteiger partial charge on any atom is -0.349 e. The van der Waals surface area contributed by atoms with Crippen LogP contribution in [0.2, 0.25) is 0 Å². The molecule has 0 saturated heterocycles. The van der Waals surface area contributed by atoms with Gasteiger partial charge in [0.05, 0.1) is 24.2 Å². The number of hydrogen-bond donors (Lipinski definition) is 1. The van der Waals surface area contributed by atoms with Gasteiger partial charge in [0.2, 0.25) is 5.91 Å². The first-order chi connectivity index (χ1) is 8.58. The Labute approximate surface area is 110 Å². The van der Waals surface area contributed by atoms with E-state index in [0.717, 1.165) is 16.1 Å². The lowest BCUT2D eigenvalue weighted by molar-refractivity contribution is -0.121. The minimum absolute atomic E-state index is 0.00926. The highest BCUT2D eigenvalue weighted by atomic mass is 32.1. The number of hydrogen-bond acceptors (Lipinski definition) is 4. The molecule has 0 aliphatic heterocycles. The zero-order valence-corrected chi connectivity index (χ0v) is 11.5. The van der Waals surface area contributed by atoms with Gasteiger partial charge in [0.25, 0.3) is 0 Å². The van der Waals surface area contributed by atoms with E-state index in [1.54, 1.807) is 22.6 Å². The van der Waals surface area contributed by atoms with Crippen molar-refractivity contribution in [2.75, 3.05) is 0 Å². The second kappa shape index (κ2) is 5.30. The van der Waals surface area contributed by atoms with Gasteiger partial charge < -0.3 is 5.32 Å². The van der Waals surface area contributed by atoms with Crippen LogP contribution in [0.15, 0.2) is 17.9 Å². The lowest BCUT2D eigenvalue weighted by Crippen LogP contribution is -2.28. The monoisotopic (exact) mass is 264 g/mol. The van der Waals surface area contributed by atoms with Gasteiger partial charge in [0.15, 0.2) is 0 Å². The molecule has 0 spiro atoms. The van der Waals surface area contributed by atoms with Crippen molar-refractivity contribution < 1.29 is 4.79 Å². The molecule has 0 saturated carbocycles. The number of nitrogens with zero attached hydrogens (tertiary/aromatic N) is 3. The zero-order valence-electron chi connectivity index (χ0n) is 10.7. The number of rotatable bonds is 4. The molecule has 0 aliphatic rings. The minimum atomic E-state index is -0.0286. The smallest absolute Gasteiger partial charge is 0.225 e. The summed E-state index contributed by atoms with van der Waals surface area (Å²) in [6.07, 6.45) is 3.91. The van der Waals surface area contributed by atoms with Crippen LogP contribution >= 0.6 is 11.3 Å². The Morgan fingerprint density at radius 2 is 2.33 bits per heavy atom. The standard InChI is InChI=1S/C12H16N4OS/c1-8(11-6-14-16(3)9(11)2)15-12(17)4-10-5-13-7-18-10/h5-8H,4H2,1-3H3,(H,15,17). The largest absolute Gasteiger partial charge is 0.349 e. The van der Waals surface area contributed by atoms with E-state index in [2.05, 4.69) is 15.4 Å². The topological polar surface area (TPSA) is 59.8 Å². The van der Waals surface area contributed by atoms with Gasteiger partial charge in [-0.05, 0) is 13.8 Å². The van der Waals surface area contributed by atoms with Gasteiger partial charge >= 0.3 is 0 Å². The molecular weight excluding hydrogens is 248 g/mol. The van der Waals surface area contributed by atoms with Crippen molar-refractivity contribution in [3.05, 3.63) is 34.0 Å². The SMILES string of the molecule is Cc1c(C(C)NC(=O)Cc2cncs2)cnn1C. The number of thiazole rings is 1. The molecule has 2 aromatic rings. The average molecular weight is 264 g/mol. The van der Waals surface area contributed by atoms with E-state index in [0.29, 0.717) is 6.42 Å². The Hall–Kier alpha value is -1.69. The van der Waals surface area contributed by atoms with Crippen molar-refractivity contribution in [1.29, 1.82) is 0 Å². The molecule has 1 N–H and O–H groups in total. The highest BCUT2D eigenvalue weighted by Gasteiger charge is 2.14. The van der Waals surface area contributed by atoms with Gasteiger partial charge in [-0.2, -0.15) is 5.10 Å². The Balaban J connectivity index is 1.97. The molecule has 2 heterocycles. The predicted molar refractivity (Wildman–Crippen MR) is 70.3 cm³/mol. The molecule has 0 bridgehead atoms. The van der Waals surface area contributed by atoms with Crippen LogP contribution in [0, 0.1) is 6.92 Å². The van der Waals surface area contributed by atoms with Crippen LogP contribution in [0.4, 0.5) is 0 Å². The van der Waals surface area contributed by atoms with E-state index in [9.17, 15) is 4.79 Å². The molecule has 5 nitrogen and oxygen atoms in total. The highest BCUT2D eigenvalue weighted by Crippen LogP contribution is 2.16. The predicted octanol–water partition coefficient (Wildman–Crippen LogP) is 1.60. The fourth-order valence-electron chi connectivity index (χ4n) is 1.80. The Morgan fingerprint density at radius 1 is 1.56 bits per heavy atom. The van der Waals surface area contributed by atoms with Crippen LogP contribution in [-0.2, 0) is 18.3 Å². The van der Waals surface area contributed by atoms with Crippen LogP contribution in [-0.4, -0.2) is 20.7 Å². The molecule has 0 aliphatic carbocycles. The van der Waals surface area contributed by atoms with Gasteiger partial charge in [-0.3, -0.25) is 14.5 Å². The molecule has 1 atom stereocenters. The van der Waals surface area contributed by atoms with Crippen LogP contribution in [0.3, 0.4) is 0 Å². The van der Waals surface area contributed by atoms with Crippen molar-refractivity contribution in [3.8, 4) is 0 Å². The number of aromatic nitrogens is 3. The van der Waals surface area contributed by atoms with Crippen LogP contribution in [0.1, 0.15) is 29.1 Å². The van der Waals surface area contributed by atoms with Gasteiger partial charge in [-0.15, -0.1) is 11.3 Å². The number of amides is 1. The van der Waals surface area contributed by atoms with Gasteiger partial charge in [0.1, 0.15) is 0 Å². The highest BCUT2D eigenvalue weighted by molar-refractivity contribution is 7.09. The zero-order chi connectivity index (χ0) is 13.1. The lowest BCUT2D eigenvalue weighted by Gasteiger charge is -2.13. The normalized spacial score (nSPS) is 12.4. The van der Waals surface area contributed by atoms with E-state index in [1.807, 2.05) is 20.9 Å². The quantitative estimate of drug-likeness (QED) is 0.912. The van der Waals surface area contributed by atoms with E-state index >= 15 is 0 Å². The average Bonchev–Trinajstić information content (AvgIpc) is 2.91. The first-order valence-electron chi connectivity index (χ1n) is 5.73. The van der Waals surface area contributed by atoms with Gasteiger partial charge in [0, 0.05) is 29.4 Å². The molecule has 1 unspecified atom stereocenters. The number of aryl methyl sites for hydroxylation is 1. The van der Waals surface area contributed by atoms with Crippen molar-refractivity contribution >= 4 is 17.2 Å². The maximum absolute atomic E-state index is 11.9. The third-order valence-corrected chi connectivity index (χ3v) is 3.72. The fraction of sp³-hybridized carbons (Fsp3) is 0.417. The second-order valence-corrected chi connectivity index (χ2v) is 5.21. The van der Waals surface area contributed by atoms with E-state index < -0.39 is 0 Å². The van der Waals surface area contributed by atoms with Crippen molar-refractivity contribution in [1.82, 2.24) is 20.1 Å². The van der Waals surface area contributed by atoms with E-state index in [4.69, 9.17) is 0 Å². The van der Waals surface area contributed by atoms with E-state index in [1.165, 1.54) is 11.3 Å². The summed E-state index contributed by atoms with van der Waals surface area (Å²) < 4.78 is 1.81. The third kappa shape index (κ3) is 2.76. The first kappa shape index (κ1) is 12.8. The number of carbonyl (C=O) groups is 1. The van der Waals surface area contributed by atoms with Gasteiger partial charge in [-0.1, -0.05) is 0 Å². The maximum atomic E-state index is 11.9. The molecule has 1 amide bonds. The summed E-state index contributed by atoms with van der Waals surface area (Å²) in [6.45, 7) is 3.96. The summed E-state index contributed by atoms with van der Waals surface area (Å²) in [5, 5.41) is 7.15. The summed E-state index contributed by atoms with van der Waals surface area (Å²) in [6, 6.07) is -0.0286. The van der Waals surface area contributed by atoms with Crippen LogP contribution in [0.5, 0.6) is 0 Å². The molecule has 96 valence electrons. The Kier molecular flexibility index (Phi) is 3.76. The molecule has 2 aromatic heterocycles.